The second kappa shape index (κ2) is 6.12. The fraction of sp³-hybridized carbons (Fsp3) is 1.00. The van der Waals surface area contributed by atoms with Crippen LogP contribution in [0.1, 0.15) is 39.0 Å². The lowest BCUT2D eigenvalue weighted by atomic mass is 9.75. The molecule has 0 spiro atoms. The number of nitrogens with two attached hydrogens (primary N) is 1. The van der Waals surface area contributed by atoms with Crippen molar-refractivity contribution in [1.29, 1.82) is 0 Å². The van der Waals surface area contributed by atoms with E-state index in [1.807, 2.05) is 0 Å². The van der Waals surface area contributed by atoms with Gasteiger partial charge in [0.2, 0.25) is 0 Å². The maximum atomic E-state index is 10.9. The largest absolute Gasteiger partial charge is 0.469 e. The Labute approximate surface area is 96.6 Å². The quantitative estimate of drug-likeness (QED) is 0.646. The number of phosphoric acid groups is 1. The third-order valence-corrected chi connectivity index (χ3v) is 4.02. The first-order valence-electron chi connectivity index (χ1n) is 5.92. The fourth-order valence-corrected chi connectivity index (χ4v) is 3.30. The van der Waals surface area contributed by atoms with Crippen LogP contribution in [0.15, 0.2) is 0 Å². The highest BCUT2D eigenvalue weighted by Gasteiger charge is 2.34. The van der Waals surface area contributed by atoms with Gasteiger partial charge in [-0.05, 0) is 18.3 Å². The van der Waals surface area contributed by atoms with E-state index in [0.29, 0.717) is 5.92 Å². The van der Waals surface area contributed by atoms with Crippen LogP contribution in [-0.2, 0) is 9.09 Å². The van der Waals surface area contributed by atoms with Crippen molar-refractivity contribution in [3.8, 4) is 0 Å². The van der Waals surface area contributed by atoms with Gasteiger partial charge >= 0.3 is 7.82 Å². The van der Waals surface area contributed by atoms with Crippen molar-refractivity contribution in [2.24, 2.45) is 17.6 Å². The van der Waals surface area contributed by atoms with Gasteiger partial charge in [0.15, 0.2) is 0 Å². The molecule has 1 aliphatic carbocycles. The molecule has 1 aliphatic rings. The Morgan fingerprint density at radius 2 is 2.06 bits per heavy atom. The molecule has 1 saturated carbocycles. The first kappa shape index (κ1) is 14.1. The second-order valence-electron chi connectivity index (χ2n) is 4.49. The molecule has 0 aliphatic heterocycles. The molecule has 0 saturated heterocycles. The van der Waals surface area contributed by atoms with E-state index in [1.54, 1.807) is 0 Å². The number of rotatable bonds is 5. The summed E-state index contributed by atoms with van der Waals surface area (Å²) in [7, 11) is -4.42. The maximum absolute atomic E-state index is 10.9. The summed E-state index contributed by atoms with van der Waals surface area (Å²) in [6.45, 7) is 2.28. The minimum absolute atomic E-state index is 0.173. The smallest absolute Gasteiger partial charge is 0.328 e. The molecule has 3 unspecified atom stereocenters. The average Bonchev–Trinajstić information content (AvgIpc) is 2.24. The van der Waals surface area contributed by atoms with Crippen LogP contribution in [0.5, 0.6) is 0 Å². The molecule has 1 fully saturated rings. The van der Waals surface area contributed by atoms with Crippen LogP contribution in [0.3, 0.4) is 0 Å². The van der Waals surface area contributed by atoms with Crippen LogP contribution in [0.4, 0.5) is 0 Å². The third kappa shape index (κ3) is 4.15. The molecule has 0 amide bonds. The average molecular weight is 251 g/mol. The van der Waals surface area contributed by atoms with Crippen LogP contribution < -0.4 is 5.73 Å². The highest BCUT2D eigenvalue weighted by Crippen LogP contribution is 2.43. The number of phosphoric ester groups is 1. The predicted molar refractivity (Wildman–Crippen MR) is 61.7 cm³/mol. The number of hydrogen-bond donors (Lipinski definition) is 3. The van der Waals surface area contributed by atoms with Crippen molar-refractivity contribution >= 4 is 7.82 Å². The topological polar surface area (TPSA) is 92.8 Å². The lowest BCUT2D eigenvalue weighted by Gasteiger charge is -2.36. The molecule has 16 heavy (non-hydrogen) atoms. The van der Waals surface area contributed by atoms with Gasteiger partial charge in [-0.1, -0.05) is 32.6 Å². The Morgan fingerprint density at radius 1 is 1.44 bits per heavy atom. The molecule has 3 atom stereocenters. The Morgan fingerprint density at radius 3 is 2.56 bits per heavy atom. The molecule has 0 aromatic heterocycles. The van der Waals surface area contributed by atoms with Crippen LogP contribution in [0.2, 0.25) is 0 Å². The van der Waals surface area contributed by atoms with Gasteiger partial charge in [0.25, 0.3) is 0 Å². The van der Waals surface area contributed by atoms with Crippen LogP contribution in [-0.4, -0.2) is 22.4 Å². The van der Waals surface area contributed by atoms with Gasteiger partial charge in [-0.15, -0.1) is 0 Å². The molecule has 96 valence electrons. The van der Waals surface area contributed by atoms with E-state index in [-0.39, 0.29) is 12.5 Å². The molecular weight excluding hydrogens is 229 g/mol. The summed E-state index contributed by atoms with van der Waals surface area (Å²) in [5.74, 6) is 0.672. The molecule has 4 N–H and O–H groups in total. The zero-order valence-corrected chi connectivity index (χ0v) is 10.6. The fourth-order valence-electron chi connectivity index (χ4n) is 2.71. The normalized spacial score (nSPS) is 29.0. The van der Waals surface area contributed by atoms with Crippen molar-refractivity contribution in [3.05, 3.63) is 0 Å². The minimum Gasteiger partial charge on any atom is -0.328 e. The molecule has 5 nitrogen and oxygen atoms in total. The maximum Gasteiger partial charge on any atom is 0.469 e. The van der Waals surface area contributed by atoms with Gasteiger partial charge in [-0.25, -0.2) is 4.57 Å². The van der Waals surface area contributed by atoms with E-state index in [4.69, 9.17) is 20.0 Å². The third-order valence-electron chi connectivity index (χ3n) is 3.47. The van der Waals surface area contributed by atoms with Gasteiger partial charge < -0.3 is 15.5 Å². The highest BCUT2D eigenvalue weighted by atomic mass is 31.2. The number of hydrogen-bond acceptors (Lipinski definition) is 3. The van der Waals surface area contributed by atoms with Crippen molar-refractivity contribution in [2.75, 3.05) is 6.54 Å². The zero-order valence-electron chi connectivity index (χ0n) is 9.71. The Hall–Kier alpha value is 0.0700. The predicted octanol–water partition coefficient (Wildman–Crippen LogP) is 1.64. The monoisotopic (exact) mass is 251 g/mol. The van der Waals surface area contributed by atoms with Crippen molar-refractivity contribution in [3.63, 3.8) is 0 Å². The van der Waals surface area contributed by atoms with Gasteiger partial charge in [-0.2, -0.15) is 0 Å². The molecule has 6 heteroatoms. The molecule has 0 aromatic rings. The van der Waals surface area contributed by atoms with Crippen LogP contribution in [0, 0.1) is 11.8 Å². The molecule has 0 aromatic carbocycles. The molecule has 0 bridgehead atoms. The van der Waals surface area contributed by atoms with Crippen molar-refractivity contribution in [2.45, 2.75) is 45.1 Å². The lowest BCUT2D eigenvalue weighted by molar-refractivity contribution is 0.0456. The van der Waals surface area contributed by atoms with Crippen LogP contribution in [0.25, 0.3) is 0 Å². The first-order valence-corrected chi connectivity index (χ1v) is 7.45. The molecule has 1 rings (SSSR count). The summed E-state index contributed by atoms with van der Waals surface area (Å²) >= 11 is 0. The minimum atomic E-state index is -4.42. The Balaban J connectivity index is 2.65. The van der Waals surface area contributed by atoms with Gasteiger partial charge in [0.05, 0.1) is 6.10 Å². The summed E-state index contributed by atoms with van der Waals surface area (Å²) in [5.41, 5.74) is 5.56. The highest BCUT2D eigenvalue weighted by molar-refractivity contribution is 7.46. The molecule has 0 heterocycles. The summed E-state index contributed by atoms with van der Waals surface area (Å²) in [6.07, 6.45) is 4.88. The SMILES string of the molecule is CCC1CCCCC1C(CN)OP(=O)(O)O. The van der Waals surface area contributed by atoms with E-state index in [2.05, 4.69) is 6.92 Å². The van der Waals surface area contributed by atoms with E-state index < -0.39 is 13.9 Å². The van der Waals surface area contributed by atoms with Gasteiger partial charge in [-0.3, -0.25) is 4.52 Å². The first-order chi connectivity index (χ1) is 7.48. The Kier molecular flexibility index (Phi) is 5.41. The Bertz CT molecular complexity index is 255. The summed E-state index contributed by atoms with van der Waals surface area (Å²) in [6, 6.07) is 0. The lowest BCUT2D eigenvalue weighted by Crippen LogP contribution is -2.37. The summed E-state index contributed by atoms with van der Waals surface area (Å²) in [5, 5.41) is 0. The van der Waals surface area contributed by atoms with Crippen LogP contribution >= 0.6 is 7.82 Å². The van der Waals surface area contributed by atoms with E-state index >= 15 is 0 Å². The standard InChI is InChI=1S/C10H22NO4P/c1-2-8-5-3-4-6-9(8)10(7-11)15-16(12,13)14/h8-10H,2-7,11H2,1H3,(H2,12,13,14). The molecule has 0 radical (unpaired) electrons. The summed E-state index contributed by atoms with van der Waals surface area (Å²) < 4.78 is 15.7. The van der Waals surface area contributed by atoms with E-state index in [0.717, 1.165) is 25.7 Å². The van der Waals surface area contributed by atoms with Crippen molar-refractivity contribution < 1.29 is 18.9 Å². The zero-order chi connectivity index (χ0) is 12.2. The molecular formula is C10H22NO4P. The van der Waals surface area contributed by atoms with E-state index in [9.17, 15) is 4.57 Å². The van der Waals surface area contributed by atoms with Gasteiger partial charge in [0.1, 0.15) is 0 Å². The second-order valence-corrected chi connectivity index (χ2v) is 5.68. The van der Waals surface area contributed by atoms with Gasteiger partial charge in [0, 0.05) is 6.54 Å². The summed E-state index contributed by atoms with van der Waals surface area (Å²) in [4.78, 5) is 17.7. The van der Waals surface area contributed by atoms with Crippen molar-refractivity contribution in [1.82, 2.24) is 0 Å². The van der Waals surface area contributed by atoms with E-state index in [1.165, 1.54) is 6.42 Å².